The molecule has 0 spiro atoms. The molecule has 0 aliphatic carbocycles. The number of fused-ring (bicyclic) bond motifs is 1. The maximum Gasteiger partial charge on any atom is 0.254 e. The third-order valence-corrected chi connectivity index (χ3v) is 5.99. The van der Waals surface area contributed by atoms with Gasteiger partial charge in [0.05, 0.1) is 22.5 Å². The number of hydrogen-bond donors (Lipinski definition) is 0. The van der Waals surface area contributed by atoms with Crippen LogP contribution in [0.1, 0.15) is 15.9 Å². The average molecular weight is 426 g/mol. The molecule has 32 heavy (non-hydrogen) atoms. The van der Waals surface area contributed by atoms with Gasteiger partial charge in [-0.25, -0.2) is 9.37 Å². The summed E-state index contributed by atoms with van der Waals surface area (Å²) < 4.78 is 14.2. The molecule has 1 fully saturated rings. The standard InChI is InChI=1S/C26H23FN4O/c1-18-6-4-8-20-21(16-23(29-25(18)20)19-7-5-11-28-17-19)26(32)31-14-12-30(13-15-31)24-10-3-2-9-22(24)27/h2-11,16-17H,12-15H2,1H3. The molecule has 1 amide bonds. The van der Waals surface area contributed by atoms with Gasteiger partial charge in [-0.3, -0.25) is 9.78 Å². The Kier molecular flexibility index (Phi) is 5.27. The normalized spacial score (nSPS) is 14.1. The van der Waals surface area contributed by atoms with Crippen LogP contribution in [0.4, 0.5) is 10.1 Å². The molecule has 1 aliphatic heterocycles. The number of amides is 1. The Bertz CT molecular complexity index is 1280. The minimum absolute atomic E-state index is 0.0266. The molecule has 2 aromatic heterocycles. The number of benzene rings is 2. The largest absolute Gasteiger partial charge is 0.366 e. The van der Waals surface area contributed by atoms with Gasteiger partial charge in [0.15, 0.2) is 0 Å². The zero-order valence-corrected chi connectivity index (χ0v) is 17.8. The lowest BCUT2D eigenvalue weighted by molar-refractivity contribution is 0.0748. The molecule has 6 heteroatoms. The zero-order valence-electron chi connectivity index (χ0n) is 17.8. The highest BCUT2D eigenvalue weighted by Crippen LogP contribution is 2.28. The lowest BCUT2D eigenvalue weighted by Gasteiger charge is -2.36. The number of anilines is 1. The van der Waals surface area contributed by atoms with Gasteiger partial charge in [-0.05, 0) is 42.8 Å². The Morgan fingerprint density at radius 2 is 1.78 bits per heavy atom. The fourth-order valence-electron chi connectivity index (χ4n) is 4.26. The Labute approximate surface area is 186 Å². The van der Waals surface area contributed by atoms with E-state index in [1.54, 1.807) is 24.5 Å². The smallest absolute Gasteiger partial charge is 0.254 e. The number of pyridine rings is 2. The molecular formula is C26H23FN4O. The number of aryl methyl sites for hydroxylation is 1. The number of piperazine rings is 1. The number of nitrogens with zero attached hydrogens (tertiary/aromatic N) is 4. The second-order valence-corrected chi connectivity index (χ2v) is 8.00. The monoisotopic (exact) mass is 426 g/mol. The van der Waals surface area contributed by atoms with Crippen molar-refractivity contribution >= 4 is 22.5 Å². The van der Waals surface area contributed by atoms with Gasteiger partial charge < -0.3 is 9.80 Å². The number of halogens is 1. The summed E-state index contributed by atoms with van der Waals surface area (Å²) in [6.07, 6.45) is 3.48. The Morgan fingerprint density at radius 3 is 2.53 bits per heavy atom. The average Bonchev–Trinajstić information content (AvgIpc) is 2.84. The Hall–Kier alpha value is -3.80. The van der Waals surface area contributed by atoms with Crippen LogP contribution < -0.4 is 4.90 Å². The van der Waals surface area contributed by atoms with Gasteiger partial charge in [-0.1, -0.05) is 30.3 Å². The van der Waals surface area contributed by atoms with E-state index in [0.29, 0.717) is 37.4 Å². The summed E-state index contributed by atoms with van der Waals surface area (Å²) in [7, 11) is 0. The van der Waals surface area contributed by atoms with Crippen molar-refractivity contribution < 1.29 is 9.18 Å². The predicted molar refractivity (Wildman–Crippen MR) is 124 cm³/mol. The van der Waals surface area contributed by atoms with Crippen LogP contribution in [0.5, 0.6) is 0 Å². The van der Waals surface area contributed by atoms with E-state index < -0.39 is 0 Å². The van der Waals surface area contributed by atoms with E-state index in [1.807, 2.05) is 59.2 Å². The molecule has 1 aliphatic rings. The molecule has 3 heterocycles. The molecule has 0 atom stereocenters. The van der Waals surface area contributed by atoms with Gasteiger partial charge in [0.2, 0.25) is 0 Å². The summed E-state index contributed by atoms with van der Waals surface area (Å²) in [5, 5.41) is 0.846. The fraction of sp³-hybridized carbons (Fsp3) is 0.192. The third kappa shape index (κ3) is 3.68. The first-order chi connectivity index (χ1) is 15.6. The molecular weight excluding hydrogens is 403 g/mol. The number of hydrogen-bond acceptors (Lipinski definition) is 4. The highest BCUT2D eigenvalue weighted by molar-refractivity contribution is 6.07. The molecule has 1 saturated heterocycles. The molecule has 0 N–H and O–H groups in total. The van der Waals surface area contributed by atoms with Crippen molar-refractivity contribution in [2.24, 2.45) is 0 Å². The summed E-state index contributed by atoms with van der Waals surface area (Å²) in [6, 6.07) is 18.4. The second kappa shape index (κ2) is 8.38. The Balaban J connectivity index is 1.47. The summed E-state index contributed by atoms with van der Waals surface area (Å²) in [5.74, 6) is -0.259. The lowest BCUT2D eigenvalue weighted by atomic mass is 10.0. The summed E-state index contributed by atoms with van der Waals surface area (Å²) in [5.41, 5.74) is 4.67. The van der Waals surface area contributed by atoms with E-state index in [2.05, 4.69) is 4.98 Å². The minimum Gasteiger partial charge on any atom is -0.366 e. The number of carbonyl (C=O) groups is 1. The van der Waals surface area contributed by atoms with Gasteiger partial charge in [0, 0.05) is 49.5 Å². The van der Waals surface area contributed by atoms with Crippen molar-refractivity contribution in [3.8, 4) is 11.3 Å². The number of para-hydroxylation sites is 2. The zero-order chi connectivity index (χ0) is 22.1. The summed E-state index contributed by atoms with van der Waals surface area (Å²) in [4.78, 5) is 26.5. The van der Waals surface area contributed by atoms with Crippen molar-refractivity contribution in [3.63, 3.8) is 0 Å². The second-order valence-electron chi connectivity index (χ2n) is 8.00. The summed E-state index contributed by atoms with van der Waals surface area (Å²) >= 11 is 0. The number of rotatable bonds is 3. The highest BCUT2D eigenvalue weighted by atomic mass is 19.1. The molecule has 2 aromatic carbocycles. The number of carbonyl (C=O) groups excluding carboxylic acids is 1. The topological polar surface area (TPSA) is 49.3 Å². The fourth-order valence-corrected chi connectivity index (χ4v) is 4.26. The van der Waals surface area contributed by atoms with E-state index in [1.165, 1.54) is 6.07 Å². The molecule has 160 valence electrons. The molecule has 0 saturated carbocycles. The Morgan fingerprint density at radius 1 is 0.969 bits per heavy atom. The minimum atomic E-state index is -0.232. The van der Waals surface area contributed by atoms with Crippen molar-refractivity contribution in [1.29, 1.82) is 0 Å². The van der Waals surface area contributed by atoms with E-state index >= 15 is 0 Å². The van der Waals surface area contributed by atoms with Crippen LogP contribution in [0.25, 0.3) is 22.2 Å². The first-order valence-corrected chi connectivity index (χ1v) is 10.7. The van der Waals surface area contributed by atoms with Crippen LogP contribution in [0.15, 0.2) is 73.1 Å². The molecule has 0 radical (unpaired) electrons. The van der Waals surface area contributed by atoms with Gasteiger partial charge in [0.1, 0.15) is 5.82 Å². The first kappa shape index (κ1) is 20.1. The van der Waals surface area contributed by atoms with Gasteiger partial charge in [-0.15, -0.1) is 0 Å². The van der Waals surface area contributed by atoms with Crippen molar-refractivity contribution in [3.05, 3.63) is 90.0 Å². The summed E-state index contributed by atoms with van der Waals surface area (Å²) in [6.45, 7) is 4.24. The van der Waals surface area contributed by atoms with E-state index in [9.17, 15) is 9.18 Å². The lowest BCUT2D eigenvalue weighted by Crippen LogP contribution is -2.49. The SMILES string of the molecule is Cc1cccc2c(C(=O)N3CCN(c4ccccc4F)CC3)cc(-c3cccnc3)nc12. The quantitative estimate of drug-likeness (QED) is 0.476. The van der Waals surface area contributed by atoms with Gasteiger partial charge in [0.25, 0.3) is 5.91 Å². The van der Waals surface area contributed by atoms with Crippen molar-refractivity contribution in [1.82, 2.24) is 14.9 Å². The van der Waals surface area contributed by atoms with Crippen LogP contribution in [0.2, 0.25) is 0 Å². The van der Waals surface area contributed by atoms with E-state index in [-0.39, 0.29) is 11.7 Å². The van der Waals surface area contributed by atoms with Crippen LogP contribution in [0, 0.1) is 12.7 Å². The maximum absolute atomic E-state index is 14.2. The van der Waals surface area contributed by atoms with E-state index in [0.717, 1.165) is 27.7 Å². The van der Waals surface area contributed by atoms with Crippen molar-refractivity contribution in [2.45, 2.75) is 6.92 Å². The van der Waals surface area contributed by atoms with Crippen LogP contribution in [-0.4, -0.2) is 47.0 Å². The third-order valence-electron chi connectivity index (χ3n) is 5.99. The predicted octanol–water partition coefficient (Wildman–Crippen LogP) is 4.71. The van der Waals surface area contributed by atoms with Gasteiger partial charge in [-0.2, -0.15) is 0 Å². The molecule has 4 aromatic rings. The van der Waals surface area contributed by atoms with Crippen LogP contribution in [-0.2, 0) is 0 Å². The molecule has 5 nitrogen and oxygen atoms in total. The first-order valence-electron chi connectivity index (χ1n) is 10.7. The van der Waals surface area contributed by atoms with Crippen LogP contribution >= 0.6 is 0 Å². The van der Waals surface area contributed by atoms with Crippen molar-refractivity contribution in [2.75, 3.05) is 31.1 Å². The molecule has 5 rings (SSSR count). The molecule has 0 bridgehead atoms. The van der Waals surface area contributed by atoms with Gasteiger partial charge >= 0.3 is 0 Å². The number of aromatic nitrogens is 2. The maximum atomic E-state index is 14.2. The highest BCUT2D eigenvalue weighted by Gasteiger charge is 2.25. The molecule has 0 unspecified atom stereocenters. The van der Waals surface area contributed by atoms with E-state index in [4.69, 9.17) is 4.98 Å². The van der Waals surface area contributed by atoms with Crippen LogP contribution in [0.3, 0.4) is 0 Å².